The molecular weight excluding hydrogens is 481 g/mol. The minimum atomic E-state index is -1.20. The summed E-state index contributed by atoms with van der Waals surface area (Å²) >= 11 is 0. The van der Waals surface area contributed by atoms with E-state index in [1.165, 1.54) is 31.7 Å². The molecule has 1 aromatic heterocycles. The van der Waals surface area contributed by atoms with Crippen LogP contribution >= 0.6 is 0 Å². The van der Waals surface area contributed by atoms with Gasteiger partial charge in [-0.2, -0.15) is 4.98 Å². The van der Waals surface area contributed by atoms with E-state index in [1.807, 2.05) is 0 Å². The molecule has 0 spiro atoms. The Balaban J connectivity index is 1.19. The Morgan fingerprint density at radius 3 is 2.78 bits per heavy atom. The van der Waals surface area contributed by atoms with Crippen LogP contribution in [-0.4, -0.2) is 82.4 Å². The van der Waals surface area contributed by atoms with Gasteiger partial charge >= 0.3 is 6.09 Å². The number of carbonyl (C=O) groups excluding carboxylic acids is 1. The smallest absolute Gasteiger partial charge is 0.405 e. The van der Waals surface area contributed by atoms with Gasteiger partial charge in [0.05, 0.1) is 12.2 Å². The van der Waals surface area contributed by atoms with Gasteiger partial charge in [-0.3, -0.25) is 4.79 Å². The van der Waals surface area contributed by atoms with Crippen LogP contribution in [0.3, 0.4) is 0 Å². The highest BCUT2D eigenvalue weighted by Crippen LogP contribution is 2.29. The number of ether oxygens (including phenoxy) is 1. The standard InChI is InChI=1S/C26H36FN5O5/c1-18(28-26(34)35)25(33)32-12-4-10-31(13-14-32)11-5-15-36-20-8-9-21(22(27)17-20)24-29-23(37-30-24)16-19-6-2-3-7-19/h8-9,17-19,28H,2-7,10-16H2,1H3,(H,34,35)/t18-/m1/s1. The molecule has 0 unspecified atom stereocenters. The molecule has 0 radical (unpaired) electrons. The van der Waals surface area contributed by atoms with Crippen molar-refractivity contribution in [3.05, 3.63) is 29.9 Å². The van der Waals surface area contributed by atoms with Gasteiger partial charge in [-0.15, -0.1) is 0 Å². The molecule has 0 bridgehead atoms. The van der Waals surface area contributed by atoms with Gasteiger partial charge in [-0.05, 0) is 57.2 Å². The molecule has 2 amide bonds. The van der Waals surface area contributed by atoms with Crippen molar-refractivity contribution < 1.29 is 28.3 Å². The summed E-state index contributed by atoms with van der Waals surface area (Å²) in [6.45, 7) is 5.50. The number of hydrogen-bond acceptors (Lipinski definition) is 7. The molecule has 10 nitrogen and oxygen atoms in total. The Morgan fingerprint density at radius 1 is 1.22 bits per heavy atom. The molecule has 202 valence electrons. The molecule has 2 aliphatic rings. The number of rotatable bonds is 10. The SMILES string of the molecule is C[C@@H](NC(=O)O)C(=O)N1CCCN(CCCOc2ccc(-c3noc(CC4CCCC4)n3)c(F)c2)CC1. The Labute approximate surface area is 216 Å². The molecule has 2 N–H and O–H groups in total. The molecule has 2 aromatic rings. The topological polar surface area (TPSA) is 121 Å². The molecule has 1 aliphatic heterocycles. The predicted octanol–water partition coefficient (Wildman–Crippen LogP) is 3.57. The highest BCUT2D eigenvalue weighted by Gasteiger charge is 2.24. The lowest BCUT2D eigenvalue weighted by molar-refractivity contribution is -0.132. The maximum Gasteiger partial charge on any atom is 0.405 e. The second-order valence-corrected chi connectivity index (χ2v) is 9.90. The summed E-state index contributed by atoms with van der Waals surface area (Å²) in [4.78, 5) is 31.6. The lowest BCUT2D eigenvalue weighted by Gasteiger charge is -2.24. The second-order valence-electron chi connectivity index (χ2n) is 9.90. The zero-order valence-electron chi connectivity index (χ0n) is 21.3. The summed E-state index contributed by atoms with van der Waals surface area (Å²) in [5.41, 5.74) is 0.297. The van der Waals surface area contributed by atoms with Gasteiger partial charge in [0.1, 0.15) is 17.6 Å². The Kier molecular flexibility index (Phi) is 9.32. The lowest BCUT2D eigenvalue weighted by atomic mass is 10.0. The van der Waals surface area contributed by atoms with E-state index < -0.39 is 18.0 Å². The predicted molar refractivity (Wildman–Crippen MR) is 134 cm³/mol. The summed E-state index contributed by atoms with van der Waals surface area (Å²) < 4.78 is 25.9. The van der Waals surface area contributed by atoms with Crippen molar-refractivity contribution in [2.45, 2.75) is 57.9 Å². The van der Waals surface area contributed by atoms with Crippen molar-refractivity contribution in [3.63, 3.8) is 0 Å². The molecule has 1 saturated heterocycles. The first-order valence-electron chi connectivity index (χ1n) is 13.1. The largest absolute Gasteiger partial charge is 0.493 e. The van der Waals surface area contributed by atoms with E-state index in [2.05, 4.69) is 20.4 Å². The molecule has 11 heteroatoms. The number of carbonyl (C=O) groups is 2. The van der Waals surface area contributed by atoms with E-state index in [1.54, 1.807) is 24.0 Å². The average Bonchev–Trinajstić information content (AvgIpc) is 3.49. The highest BCUT2D eigenvalue weighted by molar-refractivity contribution is 5.84. The zero-order chi connectivity index (χ0) is 26.2. The van der Waals surface area contributed by atoms with Crippen LogP contribution in [0.2, 0.25) is 0 Å². The molecule has 2 heterocycles. The van der Waals surface area contributed by atoms with Crippen LogP contribution in [0.4, 0.5) is 9.18 Å². The summed E-state index contributed by atoms with van der Waals surface area (Å²) in [6, 6.07) is 3.93. The molecule has 37 heavy (non-hydrogen) atoms. The summed E-state index contributed by atoms with van der Waals surface area (Å²) in [6.07, 6.45) is 5.97. The van der Waals surface area contributed by atoms with Crippen molar-refractivity contribution >= 4 is 12.0 Å². The third-order valence-corrected chi connectivity index (χ3v) is 7.09. The first-order chi connectivity index (χ1) is 17.9. The molecule has 4 rings (SSSR count). The maximum atomic E-state index is 14.7. The second kappa shape index (κ2) is 12.8. The van der Waals surface area contributed by atoms with Crippen LogP contribution in [0.15, 0.2) is 22.7 Å². The summed E-state index contributed by atoms with van der Waals surface area (Å²) in [5, 5.41) is 15.0. The number of aromatic nitrogens is 2. The summed E-state index contributed by atoms with van der Waals surface area (Å²) in [5.74, 6) is 1.20. The number of amides is 2. The van der Waals surface area contributed by atoms with Crippen LogP contribution in [0.5, 0.6) is 5.75 Å². The van der Waals surface area contributed by atoms with Gasteiger partial charge in [0.15, 0.2) is 0 Å². The van der Waals surface area contributed by atoms with Gasteiger partial charge in [-0.25, -0.2) is 9.18 Å². The van der Waals surface area contributed by atoms with Crippen LogP contribution in [0.1, 0.15) is 51.3 Å². The third kappa shape index (κ3) is 7.64. The minimum Gasteiger partial charge on any atom is -0.493 e. The molecular formula is C26H36FN5O5. The number of nitrogens with one attached hydrogen (secondary N) is 1. The van der Waals surface area contributed by atoms with Crippen molar-refractivity contribution in [2.24, 2.45) is 5.92 Å². The summed E-state index contributed by atoms with van der Waals surface area (Å²) in [7, 11) is 0. The lowest BCUT2D eigenvalue weighted by Crippen LogP contribution is -2.47. The van der Waals surface area contributed by atoms with E-state index in [9.17, 15) is 14.0 Å². The van der Waals surface area contributed by atoms with Crippen molar-refractivity contribution in [3.8, 4) is 17.1 Å². The third-order valence-electron chi connectivity index (χ3n) is 7.09. The average molecular weight is 518 g/mol. The van der Waals surface area contributed by atoms with E-state index in [-0.39, 0.29) is 11.7 Å². The number of hydrogen-bond donors (Lipinski definition) is 2. The van der Waals surface area contributed by atoms with E-state index >= 15 is 0 Å². The van der Waals surface area contributed by atoms with Gasteiger partial charge in [-0.1, -0.05) is 18.0 Å². The van der Waals surface area contributed by atoms with Crippen molar-refractivity contribution in [1.82, 2.24) is 25.3 Å². The van der Waals surface area contributed by atoms with Gasteiger partial charge in [0, 0.05) is 38.7 Å². The molecule has 1 aliphatic carbocycles. The zero-order valence-corrected chi connectivity index (χ0v) is 21.3. The first kappa shape index (κ1) is 26.8. The van der Waals surface area contributed by atoms with E-state index in [0.717, 1.165) is 32.4 Å². The van der Waals surface area contributed by atoms with E-state index in [4.69, 9.17) is 14.4 Å². The number of halogens is 1. The van der Waals surface area contributed by atoms with Gasteiger partial charge in [0.2, 0.25) is 17.6 Å². The van der Waals surface area contributed by atoms with Gasteiger partial charge < -0.3 is 29.5 Å². The molecule has 1 aromatic carbocycles. The highest BCUT2D eigenvalue weighted by atomic mass is 19.1. The fraction of sp³-hybridized carbons (Fsp3) is 0.615. The normalized spacial score (nSPS) is 17.9. The number of nitrogens with zero attached hydrogens (tertiary/aromatic N) is 4. The first-order valence-corrected chi connectivity index (χ1v) is 13.1. The van der Waals surface area contributed by atoms with Crippen LogP contribution in [0.25, 0.3) is 11.4 Å². The number of carboxylic acid groups (broad SMARTS) is 1. The van der Waals surface area contributed by atoms with Crippen LogP contribution < -0.4 is 10.1 Å². The molecule has 1 saturated carbocycles. The Bertz CT molecular complexity index is 1060. The van der Waals surface area contributed by atoms with Gasteiger partial charge in [0.25, 0.3) is 0 Å². The number of benzene rings is 1. The van der Waals surface area contributed by atoms with Crippen molar-refractivity contribution in [2.75, 3.05) is 39.3 Å². The Hall–Kier alpha value is -3.21. The van der Waals surface area contributed by atoms with Crippen LogP contribution in [0, 0.1) is 11.7 Å². The fourth-order valence-corrected chi connectivity index (χ4v) is 5.09. The minimum absolute atomic E-state index is 0.205. The Morgan fingerprint density at radius 2 is 2.03 bits per heavy atom. The monoisotopic (exact) mass is 517 g/mol. The van der Waals surface area contributed by atoms with Crippen molar-refractivity contribution in [1.29, 1.82) is 0 Å². The quantitative estimate of drug-likeness (QED) is 0.459. The molecule has 1 atom stereocenters. The van der Waals surface area contributed by atoms with Crippen LogP contribution in [-0.2, 0) is 11.2 Å². The maximum absolute atomic E-state index is 14.7. The van der Waals surface area contributed by atoms with E-state index in [0.29, 0.717) is 49.4 Å². The fourth-order valence-electron chi connectivity index (χ4n) is 5.09. The molecule has 2 fully saturated rings.